The zero-order valence-electron chi connectivity index (χ0n) is 6.92. The fourth-order valence-corrected chi connectivity index (χ4v) is 1.46. The molecule has 0 amide bonds. The molecule has 0 aliphatic rings. The van der Waals surface area contributed by atoms with Gasteiger partial charge in [0.15, 0.2) is 0 Å². The Balaban J connectivity index is 3.27. The van der Waals surface area contributed by atoms with Crippen molar-refractivity contribution in [1.82, 2.24) is 0 Å². The third kappa shape index (κ3) is 2.82. The van der Waals surface area contributed by atoms with Crippen LogP contribution in [0.15, 0.2) is 16.6 Å². The van der Waals surface area contributed by atoms with Gasteiger partial charge in [-0.3, -0.25) is 10.1 Å². The van der Waals surface area contributed by atoms with Crippen molar-refractivity contribution < 1.29 is 22.8 Å². The minimum absolute atomic E-state index is 0.261. The van der Waals surface area contributed by atoms with Crippen LogP contribution >= 0.6 is 15.9 Å². The zero-order chi connectivity index (χ0) is 11.6. The van der Waals surface area contributed by atoms with Crippen LogP contribution in [0.3, 0.4) is 0 Å². The molecule has 0 fully saturated rings. The molecule has 0 atom stereocenters. The number of halogens is 4. The molecule has 4 nitrogen and oxygen atoms in total. The van der Waals surface area contributed by atoms with Gasteiger partial charge in [0.1, 0.15) is 10.3 Å². The van der Waals surface area contributed by atoms with Crippen molar-refractivity contribution in [3.63, 3.8) is 0 Å². The first-order valence-corrected chi connectivity index (χ1v) is 4.29. The van der Waals surface area contributed by atoms with Crippen LogP contribution in [0.1, 0.15) is 0 Å². The Morgan fingerprint density at radius 3 is 2.53 bits per heavy atom. The number of benzene rings is 1. The van der Waals surface area contributed by atoms with Crippen LogP contribution in [0.2, 0.25) is 0 Å². The van der Waals surface area contributed by atoms with Gasteiger partial charge >= 0.3 is 12.3 Å². The van der Waals surface area contributed by atoms with Crippen molar-refractivity contribution in [2.75, 3.05) is 0 Å². The summed E-state index contributed by atoms with van der Waals surface area (Å²) in [4.78, 5) is 9.52. The summed E-state index contributed by atoms with van der Waals surface area (Å²) in [6.07, 6.45) is 0. The van der Waals surface area contributed by atoms with E-state index in [1.807, 2.05) is 0 Å². The second kappa shape index (κ2) is 4.47. The molecule has 0 aromatic heterocycles. The summed E-state index contributed by atoms with van der Waals surface area (Å²) in [5, 5.41) is 10.5. The molecule has 82 valence electrons. The maximum Gasteiger partial charge on any atom is 0.387 e. The highest BCUT2D eigenvalue weighted by molar-refractivity contribution is 9.10. The normalized spacial score (nSPS) is 10.5. The second-order valence-electron chi connectivity index (χ2n) is 2.37. The van der Waals surface area contributed by atoms with Crippen molar-refractivity contribution >= 4 is 21.6 Å². The molecule has 0 aliphatic carbocycles. The molecule has 0 N–H and O–H groups in total. The summed E-state index contributed by atoms with van der Waals surface area (Å²) < 4.78 is 40.0. The molecule has 0 radical (unpaired) electrons. The number of rotatable bonds is 3. The maximum atomic E-state index is 12.7. The van der Waals surface area contributed by atoms with E-state index in [2.05, 4.69) is 20.7 Å². The lowest BCUT2D eigenvalue weighted by molar-refractivity contribution is -0.387. The van der Waals surface area contributed by atoms with E-state index in [1.54, 1.807) is 0 Å². The van der Waals surface area contributed by atoms with Gasteiger partial charge in [-0.05, 0) is 22.0 Å². The quantitative estimate of drug-likeness (QED) is 0.633. The Kier molecular flexibility index (Phi) is 3.51. The van der Waals surface area contributed by atoms with E-state index in [9.17, 15) is 23.3 Å². The Morgan fingerprint density at radius 1 is 1.47 bits per heavy atom. The van der Waals surface area contributed by atoms with Crippen LogP contribution in [0.5, 0.6) is 5.75 Å². The largest absolute Gasteiger partial charge is 0.427 e. The first-order valence-electron chi connectivity index (χ1n) is 3.50. The number of hydrogen-bond donors (Lipinski definition) is 0. The van der Waals surface area contributed by atoms with Gasteiger partial charge < -0.3 is 4.74 Å². The number of nitro benzene ring substituents is 1. The summed E-state index contributed by atoms with van der Waals surface area (Å²) in [7, 11) is 0. The van der Waals surface area contributed by atoms with Gasteiger partial charge in [-0.1, -0.05) is 0 Å². The highest BCUT2D eigenvalue weighted by atomic mass is 79.9. The van der Waals surface area contributed by atoms with Gasteiger partial charge in [0.05, 0.1) is 4.92 Å². The maximum absolute atomic E-state index is 12.7. The van der Waals surface area contributed by atoms with Crippen LogP contribution in [-0.4, -0.2) is 11.5 Å². The van der Waals surface area contributed by atoms with Crippen LogP contribution in [0.25, 0.3) is 0 Å². The van der Waals surface area contributed by atoms with Crippen LogP contribution in [0, 0.1) is 15.9 Å². The first-order chi connectivity index (χ1) is 6.91. The molecule has 0 spiro atoms. The lowest BCUT2D eigenvalue weighted by Crippen LogP contribution is -2.05. The van der Waals surface area contributed by atoms with Crippen LogP contribution < -0.4 is 4.74 Å². The molecular formula is C7H3BrF3NO3. The Labute approximate surface area is 89.9 Å². The Hall–Kier alpha value is -1.31. The number of nitro groups is 1. The number of hydrogen-bond acceptors (Lipinski definition) is 3. The monoisotopic (exact) mass is 285 g/mol. The van der Waals surface area contributed by atoms with Gasteiger partial charge in [-0.2, -0.15) is 8.78 Å². The van der Waals surface area contributed by atoms with Gasteiger partial charge in [0.25, 0.3) is 0 Å². The van der Waals surface area contributed by atoms with E-state index in [4.69, 9.17) is 0 Å². The second-order valence-corrected chi connectivity index (χ2v) is 3.22. The summed E-state index contributed by atoms with van der Waals surface area (Å²) in [6, 6.07) is 1.31. The van der Waals surface area contributed by atoms with Crippen LogP contribution in [0.4, 0.5) is 18.9 Å². The topological polar surface area (TPSA) is 52.4 Å². The molecule has 0 saturated heterocycles. The summed E-state index contributed by atoms with van der Waals surface area (Å²) >= 11 is 2.68. The van der Waals surface area contributed by atoms with Gasteiger partial charge in [-0.15, -0.1) is 0 Å². The summed E-state index contributed by atoms with van der Waals surface area (Å²) in [5.74, 6) is -1.73. The lowest BCUT2D eigenvalue weighted by Gasteiger charge is -2.06. The number of alkyl halides is 2. The first kappa shape index (κ1) is 11.8. The molecule has 0 bridgehead atoms. The van der Waals surface area contributed by atoms with E-state index in [1.165, 1.54) is 0 Å². The predicted molar refractivity (Wildman–Crippen MR) is 47.4 cm³/mol. The number of nitrogens with zero attached hydrogens (tertiary/aromatic N) is 1. The SMILES string of the molecule is O=[N+]([O-])c1c(Br)cc(F)cc1OC(F)F. The van der Waals surface area contributed by atoms with E-state index in [0.29, 0.717) is 6.07 Å². The standard InChI is InChI=1S/C7H3BrF3NO3/c8-4-1-3(9)2-5(15-7(10)11)6(4)12(13)14/h1-2,7H. The highest BCUT2D eigenvalue weighted by Gasteiger charge is 2.23. The van der Waals surface area contributed by atoms with Gasteiger partial charge in [0.2, 0.25) is 5.75 Å². The third-order valence-electron chi connectivity index (χ3n) is 1.39. The number of ether oxygens (including phenoxy) is 1. The van der Waals surface area contributed by atoms with Crippen LogP contribution in [-0.2, 0) is 0 Å². The molecule has 0 unspecified atom stereocenters. The Bertz CT molecular complexity index is 399. The smallest absolute Gasteiger partial charge is 0.387 e. The average Bonchev–Trinajstić information content (AvgIpc) is 1.99. The van der Waals surface area contributed by atoms with Crippen molar-refractivity contribution in [1.29, 1.82) is 0 Å². The summed E-state index contributed by atoms with van der Waals surface area (Å²) in [6.45, 7) is -3.25. The highest BCUT2D eigenvalue weighted by Crippen LogP contribution is 2.36. The van der Waals surface area contributed by atoms with Crippen molar-refractivity contribution in [2.45, 2.75) is 6.61 Å². The molecule has 1 aromatic carbocycles. The molecule has 8 heteroatoms. The summed E-state index contributed by atoms with van der Waals surface area (Å²) in [5.41, 5.74) is -0.739. The minimum atomic E-state index is -3.25. The average molecular weight is 286 g/mol. The van der Waals surface area contributed by atoms with Crippen molar-refractivity contribution in [3.8, 4) is 5.75 Å². The predicted octanol–water partition coefficient (Wildman–Crippen LogP) is 3.10. The fraction of sp³-hybridized carbons (Fsp3) is 0.143. The van der Waals surface area contributed by atoms with Crippen molar-refractivity contribution in [2.24, 2.45) is 0 Å². The van der Waals surface area contributed by atoms with E-state index < -0.39 is 28.8 Å². The van der Waals surface area contributed by atoms with Gasteiger partial charge in [0, 0.05) is 6.07 Å². The molecule has 15 heavy (non-hydrogen) atoms. The van der Waals surface area contributed by atoms with Crippen molar-refractivity contribution in [3.05, 3.63) is 32.5 Å². The molecule has 0 aliphatic heterocycles. The van der Waals surface area contributed by atoms with Gasteiger partial charge in [-0.25, -0.2) is 4.39 Å². The Morgan fingerprint density at radius 2 is 2.07 bits per heavy atom. The van der Waals surface area contributed by atoms with E-state index in [0.717, 1.165) is 6.07 Å². The molecule has 1 aromatic rings. The van der Waals surface area contributed by atoms with E-state index in [-0.39, 0.29) is 4.47 Å². The fourth-order valence-electron chi connectivity index (χ4n) is 0.905. The minimum Gasteiger partial charge on any atom is -0.427 e. The third-order valence-corrected chi connectivity index (χ3v) is 2.00. The zero-order valence-corrected chi connectivity index (χ0v) is 8.50. The molecule has 0 saturated carbocycles. The lowest BCUT2D eigenvalue weighted by atomic mass is 10.3. The molecular weight excluding hydrogens is 283 g/mol. The molecule has 1 rings (SSSR count). The van der Waals surface area contributed by atoms with E-state index >= 15 is 0 Å². The molecule has 0 heterocycles.